The number of hydrogen-bond acceptors (Lipinski definition) is 7. The Labute approximate surface area is 158 Å². The molecule has 3 aromatic rings. The van der Waals surface area contributed by atoms with Gasteiger partial charge in [-0.05, 0) is 35.9 Å². The first-order valence-electron chi connectivity index (χ1n) is 7.76. The van der Waals surface area contributed by atoms with Crippen LogP contribution in [0.1, 0.15) is 20.9 Å². The topological polar surface area (TPSA) is 107 Å². The van der Waals surface area contributed by atoms with Gasteiger partial charge in [0.05, 0.1) is 12.0 Å². The first-order chi connectivity index (χ1) is 13.0. The highest BCUT2D eigenvalue weighted by Crippen LogP contribution is 2.20. The molecule has 0 aliphatic carbocycles. The van der Waals surface area contributed by atoms with Gasteiger partial charge in [-0.1, -0.05) is 29.5 Å². The standard InChI is InChI=1S/C18H14N4O4S/c1-26-15-9-2-12(3-10-15)4-11-16-20-21-18(27-16)19-17(23)13-5-7-14(8-6-13)22(24)25/h2-11H,1H3,(H,19,21,23). The number of carbonyl (C=O) groups excluding carboxylic acids is 1. The molecular formula is C18H14N4O4S. The second-order valence-electron chi connectivity index (χ2n) is 5.31. The maximum atomic E-state index is 12.2. The number of nitro groups is 1. The Bertz CT molecular complexity index is 981. The van der Waals surface area contributed by atoms with E-state index in [0.29, 0.717) is 15.7 Å². The third-order valence-corrected chi connectivity index (χ3v) is 4.34. The van der Waals surface area contributed by atoms with Gasteiger partial charge in [0.1, 0.15) is 10.8 Å². The van der Waals surface area contributed by atoms with Crippen LogP contribution in [0.3, 0.4) is 0 Å². The lowest BCUT2D eigenvalue weighted by molar-refractivity contribution is -0.384. The summed E-state index contributed by atoms with van der Waals surface area (Å²) in [5.41, 5.74) is 1.20. The van der Waals surface area contributed by atoms with Gasteiger partial charge in [-0.25, -0.2) is 0 Å². The molecule has 1 aromatic heterocycles. The van der Waals surface area contributed by atoms with E-state index in [1.807, 2.05) is 30.3 Å². The molecule has 1 heterocycles. The number of benzene rings is 2. The lowest BCUT2D eigenvalue weighted by Crippen LogP contribution is -2.11. The van der Waals surface area contributed by atoms with Gasteiger partial charge in [0, 0.05) is 17.7 Å². The minimum atomic E-state index is -0.520. The molecule has 0 spiro atoms. The summed E-state index contributed by atoms with van der Waals surface area (Å²) in [6.07, 6.45) is 3.67. The van der Waals surface area contributed by atoms with Crippen LogP contribution in [0.4, 0.5) is 10.8 Å². The zero-order valence-corrected chi connectivity index (χ0v) is 15.0. The van der Waals surface area contributed by atoms with E-state index >= 15 is 0 Å². The predicted molar refractivity (Wildman–Crippen MR) is 103 cm³/mol. The number of non-ortho nitro benzene ring substituents is 1. The van der Waals surface area contributed by atoms with Crippen LogP contribution in [0.15, 0.2) is 48.5 Å². The molecule has 0 aliphatic rings. The van der Waals surface area contributed by atoms with Gasteiger partial charge in [0.15, 0.2) is 0 Å². The third kappa shape index (κ3) is 4.73. The van der Waals surface area contributed by atoms with E-state index < -0.39 is 10.8 Å². The maximum Gasteiger partial charge on any atom is 0.269 e. The number of rotatable bonds is 6. The van der Waals surface area contributed by atoms with E-state index in [4.69, 9.17) is 4.74 Å². The molecule has 1 amide bonds. The smallest absolute Gasteiger partial charge is 0.269 e. The average Bonchev–Trinajstić information content (AvgIpc) is 3.14. The van der Waals surface area contributed by atoms with Crippen LogP contribution >= 0.6 is 11.3 Å². The Morgan fingerprint density at radius 2 is 1.81 bits per heavy atom. The van der Waals surface area contributed by atoms with Crippen LogP contribution in [0.2, 0.25) is 0 Å². The summed E-state index contributed by atoms with van der Waals surface area (Å²) in [5.74, 6) is 0.367. The fourth-order valence-electron chi connectivity index (χ4n) is 2.14. The molecule has 0 bridgehead atoms. The van der Waals surface area contributed by atoms with Crippen LogP contribution in [-0.2, 0) is 0 Å². The molecule has 9 heteroatoms. The molecule has 0 atom stereocenters. The van der Waals surface area contributed by atoms with Crippen molar-refractivity contribution in [1.82, 2.24) is 10.2 Å². The summed E-state index contributed by atoms with van der Waals surface area (Å²) in [6.45, 7) is 0. The Morgan fingerprint density at radius 1 is 1.11 bits per heavy atom. The Morgan fingerprint density at radius 3 is 2.44 bits per heavy atom. The van der Waals surface area contributed by atoms with E-state index in [1.54, 1.807) is 13.2 Å². The summed E-state index contributed by atoms with van der Waals surface area (Å²) in [4.78, 5) is 22.3. The van der Waals surface area contributed by atoms with Gasteiger partial charge in [-0.2, -0.15) is 0 Å². The normalized spacial score (nSPS) is 10.7. The minimum absolute atomic E-state index is 0.0755. The van der Waals surface area contributed by atoms with Gasteiger partial charge in [-0.3, -0.25) is 20.2 Å². The van der Waals surface area contributed by atoms with E-state index in [2.05, 4.69) is 15.5 Å². The molecule has 8 nitrogen and oxygen atoms in total. The van der Waals surface area contributed by atoms with Crippen molar-refractivity contribution in [2.75, 3.05) is 12.4 Å². The first kappa shape index (κ1) is 18.2. The molecule has 1 N–H and O–H groups in total. The van der Waals surface area contributed by atoms with Gasteiger partial charge in [0.2, 0.25) is 5.13 Å². The van der Waals surface area contributed by atoms with Crippen molar-refractivity contribution < 1.29 is 14.5 Å². The summed E-state index contributed by atoms with van der Waals surface area (Å²) in [7, 11) is 1.61. The van der Waals surface area contributed by atoms with Gasteiger partial charge < -0.3 is 4.74 Å². The van der Waals surface area contributed by atoms with Crippen molar-refractivity contribution >= 4 is 40.2 Å². The molecule has 3 rings (SSSR count). The highest BCUT2D eigenvalue weighted by molar-refractivity contribution is 7.16. The number of hydrogen-bond donors (Lipinski definition) is 1. The number of carbonyl (C=O) groups is 1. The zero-order chi connectivity index (χ0) is 19.2. The minimum Gasteiger partial charge on any atom is -0.497 e. The second-order valence-corrected chi connectivity index (χ2v) is 6.32. The lowest BCUT2D eigenvalue weighted by atomic mass is 10.2. The number of nitrogens with zero attached hydrogens (tertiary/aromatic N) is 3. The Hall–Kier alpha value is -3.59. The number of anilines is 1. The Kier molecular flexibility index (Phi) is 5.53. The molecule has 0 saturated carbocycles. The van der Waals surface area contributed by atoms with Crippen molar-refractivity contribution in [3.63, 3.8) is 0 Å². The molecule has 0 fully saturated rings. The van der Waals surface area contributed by atoms with Gasteiger partial charge in [-0.15, -0.1) is 10.2 Å². The molecule has 136 valence electrons. The lowest BCUT2D eigenvalue weighted by Gasteiger charge is -2.00. The van der Waals surface area contributed by atoms with Crippen molar-refractivity contribution in [2.24, 2.45) is 0 Å². The van der Waals surface area contributed by atoms with Crippen molar-refractivity contribution in [3.05, 3.63) is 74.8 Å². The van der Waals surface area contributed by atoms with Crippen LogP contribution in [0, 0.1) is 10.1 Å². The Balaban J connectivity index is 1.63. The second kappa shape index (κ2) is 8.19. The van der Waals surface area contributed by atoms with Crippen molar-refractivity contribution in [3.8, 4) is 5.75 Å². The van der Waals surface area contributed by atoms with E-state index in [0.717, 1.165) is 11.3 Å². The summed E-state index contributed by atoms with van der Waals surface area (Å²) >= 11 is 1.22. The molecule has 0 radical (unpaired) electrons. The van der Waals surface area contributed by atoms with Gasteiger partial charge in [0.25, 0.3) is 11.6 Å². The molecule has 0 aliphatic heterocycles. The fourth-order valence-corrected chi connectivity index (χ4v) is 2.78. The van der Waals surface area contributed by atoms with Gasteiger partial charge >= 0.3 is 0 Å². The number of nitro benzene ring substituents is 1. The molecule has 2 aromatic carbocycles. The van der Waals surface area contributed by atoms with Crippen LogP contribution in [-0.4, -0.2) is 28.1 Å². The van der Waals surface area contributed by atoms with E-state index in [-0.39, 0.29) is 5.69 Å². The summed E-state index contributed by atoms with van der Waals surface area (Å²) in [5, 5.41) is 22.2. The summed E-state index contributed by atoms with van der Waals surface area (Å²) < 4.78 is 5.11. The number of amides is 1. The van der Waals surface area contributed by atoms with Crippen LogP contribution < -0.4 is 10.1 Å². The number of nitrogens with one attached hydrogen (secondary N) is 1. The zero-order valence-electron chi connectivity index (χ0n) is 14.2. The molecular weight excluding hydrogens is 368 g/mol. The average molecular weight is 382 g/mol. The quantitative estimate of drug-likeness (QED) is 0.512. The highest BCUT2D eigenvalue weighted by Gasteiger charge is 2.11. The van der Waals surface area contributed by atoms with E-state index in [1.165, 1.54) is 35.6 Å². The largest absolute Gasteiger partial charge is 0.497 e. The SMILES string of the molecule is COc1ccc(C=Cc2nnc(NC(=O)c3ccc([N+](=O)[O-])cc3)s2)cc1. The van der Waals surface area contributed by atoms with Crippen LogP contribution in [0.25, 0.3) is 12.2 Å². The van der Waals surface area contributed by atoms with Crippen LogP contribution in [0.5, 0.6) is 5.75 Å². The number of aromatic nitrogens is 2. The predicted octanol–water partition coefficient (Wildman–Crippen LogP) is 3.88. The maximum absolute atomic E-state index is 12.2. The monoisotopic (exact) mass is 382 g/mol. The van der Waals surface area contributed by atoms with E-state index in [9.17, 15) is 14.9 Å². The number of methoxy groups -OCH3 is 1. The number of ether oxygens (including phenoxy) is 1. The third-order valence-electron chi connectivity index (χ3n) is 3.54. The molecule has 27 heavy (non-hydrogen) atoms. The molecule has 0 unspecified atom stereocenters. The fraction of sp³-hybridized carbons (Fsp3) is 0.0556. The first-order valence-corrected chi connectivity index (χ1v) is 8.58. The highest BCUT2D eigenvalue weighted by atomic mass is 32.1. The molecule has 0 saturated heterocycles. The summed E-state index contributed by atoms with van der Waals surface area (Å²) in [6, 6.07) is 12.9. The van der Waals surface area contributed by atoms with Crippen molar-refractivity contribution in [2.45, 2.75) is 0 Å². The van der Waals surface area contributed by atoms with Crippen molar-refractivity contribution in [1.29, 1.82) is 0 Å².